The first-order chi connectivity index (χ1) is 7.48. The van der Waals surface area contributed by atoms with E-state index in [9.17, 15) is 9.59 Å². The van der Waals surface area contributed by atoms with Crippen LogP contribution in [0.4, 0.5) is 0 Å². The Morgan fingerprint density at radius 2 is 1.69 bits per heavy atom. The molecule has 1 atom stereocenters. The Morgan fingerprint density at radius 1 is 1.25 bits per heavy atom. The molecule has 16 heavy (non-hydrogen) atoms. The molecule has 1 saturated carbocycles. The Labute approximate surface area is 94.3 Å². The maximum Gasteiger partial charge on any atom is 0.325 e. The largest absolute Gasteiger partial charge is 0.465 e. The van der Waals surface area contributed by atoms with Gasteiger partial charge in [0.1, 0.15) is 0 Å². The molecule has 88 valence electrons. The minimum Gasteiger partial charge on any atom is -0.465 e. The summed E-state index contributed by atoms with van der Waals surface area (Å²) < 4.78 is 9.69. The number of nitrogens with zero attached hydrogens (tertiary/aromatic N) is 1. The average molecular weight is 225 g/mol. The number of nitriles is 1. The standard InChI is InChI=1S/C11H15NO4/c1-4-15-8(13)11(9(14)16-5-2)6-10(11,3)7-12/h4-6H2,1-3H3. The second kappa shape index (κ2) is 4.12. The van der Waals surface area contributed by atoms with Crippen LogP contribution in [0.25, 0.3) is 0 Å². The molecule has 0 heterocycles. The lowest BCUT2D eigenvalue weighted by atomic mass is 9.95. The summed E-state index contributed by atoms with van der Waals surface area (Å²) in [5.74, 6) is -1.31. The van der Waals surface area contributed by atoms with E-state index in [1.807, 2.05) is 6.07 Å². The van der Waals surface area contributed by atoms with Gasteiger partial charge < -0.3 is 9.47 Å². The van der Waals surface area contributed by atoms with Gasteiger partial charge in [-0.05, 0) is 27.2 Å². The van der Waals surface area contributed by atoms with Gasteiger partial charge in [0.2, 0.25) is 0 Å². The molecule has 5 heteroatoms. The van der Waals surface area contributed by atoms with E-state index in [0.29, 0.717) is 0 Å². The molecular formula is C11H15NO4. The van der Waals surface area contributed by atoms with Crippen LogP contribution in [0.5, 0.6) is 0 Å². The molecule has 0 bridgehead atoms. The highest BCUT2D eigenvalue weighted by Crippen LogP contribution is 2.64. The molecule has 0 amide bonds. The molecule has 1 rings (SSSR count). The van der Waals surface area contributed by atoms with Gasteiger partial charge in [0.25, 0.3) is 0 Å². The topological polar surface area (TPSA) is 76.4 Å². The Hall–Kier alpha value is -1.57. The van der Waals surface area contributed by atoms with Gasteiger partial charge in [-0.15, -0.1) is 0 Å². The van der Waals surface area contributed by atoms with E-state index >= 15 is 0 Å². The van der Waals surface area contributed by atoms with Crippen LogP contribution in [-0.4, -0.2) is 25.2 Å². The van der Waals surface area contributed by atoms with E-state index in [4.69, 9.17) is 14.7 Å². The smallest absolute Gasteiger partial charge is 0.325 e. The SMILES string of the molecule is CCOC(=O)C1(C(=O)OCC)CC1(C)C#N. The molecule has 0 aromatic rings. The Kier molecular flexibility index (Phi) is 3.22. The number of rotatable bonds is 4. The van der Waals surface area contributed by atoms with Crippen LogP contribution in [0.1, 0.15) is 27.2 Å². The fraction of sp³-hybridized carbons (Fsp3) is 0.727. The Balaban J connectivity index is 2.95. The third kappa shape index (κ3) is 1.54. The minimum absolute atomic E-state index is 0.175. The van der Waals surface area contributed by atoms with Crippen molar-refractivity contribution in [2.75, 3.05) is 13.2 Å². The number of carbonyl (C=O) groups excluding carboxylic acids is 2. The summed E-state index contributed by atoms with van der Waals surface area (Å²) >= 11 is 0. The summed E-state index contributed by atoms with van der Waals surface area (Å²) in [6.07, 6.45) is 0.175. The highest BCUT2D eigenvalue weighted by atomic mass is 16.6. The number of hydrogen-bond donors (Lipinski definition) is 0. The maximum atomic E-state index is 11.7. The van der Waals surface area contributed by atoms with Crippen molar-refractivity contribution in [3.63, 3.8) is 0 Å². The van der Waals surface area contributed by atoms with Crippen LogP contribution in [0.2, 0.25) is 0 Å². The molecule has 5 nitrogen and oxygen atoms in total. The zero-order valence-electron chi connectivity index (χ0n) is 9.70. The summed E-state index contributed by atoms with van der Waals surface area (Å²) in [6, 6.07) is 1.98. The quantitative estimate of drug-likeness (QED) is 0.527. The summed E-state index contributed by atoms with van der Waals surface area (Å²) in [4.78, 5) is 23.5. The Bertz CT molecular complexity index is 339. The first kappa shape index (κ1) is 12.5. The van der Waals surface area contributed by atoms with Crippen LogP contribution >= 0.6 is 0 Å². The fourth-order valence-electron chi connectivity index (χ4n) is 1.81. The van der Waals surface area contributed by atoms with Crippen LogP contribution in [0.3, 0.4) is 0 Å². The van der Waals surface area contributed by atoms with Crippen molar-refractivity contribution in [1.82, 2.24) is 0 Å². The maximum absolute atomic E-state index is 11.7. The molecule has 0 N–H and O–H groups in total. The van der Waals surface area contributed by atoms with Crippen molar-refractivity contribution in [2.24, 2.45) is 10.8 Å². The lowest BCUT2D eigenvalue weighted by Crippen LogP contribution is -2.34. The van der Waals surface area contributed by atoms with Gasteiger partial charge >= 0.3 is 11.9 Å². The van der Waals surface area contributed by atoms with Crippen molar-refractivity contribution in [3.8, 4) is 6.07 Å². The number of hydrogen-bond acceptors (Lipinski definition) is 5. The van der Waals surface area contributed by atoms with Gasteiger partial charge in [0.05, 0.1) is 24.7 Å². The average Bonchev–Trinajstić information content (AvgIpc) is 2.88. The molecule has 0 radical (unpaired) electrons. The van der Waals surface area contributed by atoms with Crippen molar-refractivity contribution in [2.45, 2.75) is 27.2 Å². The first-order valence-electron chi connectivity index (χ1n) is 5.24. The van der Waals surface area contributed by atoms with Gasteiger partial charge in [-0.25, -0.2) is 0 Å². The molecule has 0 saturated heterocycles. The molecule has 1 unspecified atom stereocenters. The van der Waals surface area contributed by atoms with E-state index in [0.717, 1.165) is 0 Å². The zero-order valence-corrected chi connectivity index (χ0v) is 9.70. The third-order valence-corrected chi connectivity index (χ3v) is 2.93. The highest BCUT2D eigenvalue weighted by molar-refractivity contribution is 6.05. The predicted molar refractivity (Wildman–Crippen MR) is 54.0 cm³/mol. The van der Waals surface area contributed by atoms with Crippen molar-refractivity contribution in [1.29, 1.82) is 5.26 Å². The summed E-state index contributed by atoms with van der Waals surface area (Å²) in [5.41, 5.74) is -2.40. The normalized spacial score (nSPS) is 25.4. The summed E-state index contributed by atoms with van der Waals surface area (Å²) in [7, 11) is 0. The monoisotopic (exact) mass is 225 g/mol. The molecular weight excluding hydrogens is 210 g/mol. The van der Waals surface area contributed by atoms with E-state index in [1.54, 1.807) is 20.8 Å². The molecule has 1 aliphatic rings. The molecule has 1 aliphatic carbocycles. The molecule has 1 fully saturated rings. The molecule has 0 aromatic carbocycles. The van der Waals surface area contributed by atoms with Crippen molar-refractivity contribution in [3.05, 3.63) is 0 Å². The van der Waals surface area contributed by atoms with Crippen molar-refractivity contribution >= 4 is 11.9 Å². The van der Waals surface area contributed by atoms with Gasteiger partial charge in [-0.1, -0.05) is 0 Å². The van der Waals surface area contributed by atoms with Crippen LogP contribution in [-0.2, 0) is 19.1 Å². The van der Waals surface area contributed by atoms with E-state index in [-0.39, 0.29) is 19.6 Å². The Morgan fingerprint density at radius 3 is 1.94 bits per heavy atom. The molecule has 0 aliphatic heterocycles. The predicted octanol–water partition coefficient (Wildman–Crippen LogP) is 1.03. The van der Waals surface area contributed by atoms with Crippen LogP contribution < -0.4 is 0 Å². The van der Waals surface area contributed by atoms with E-state index in [1.165, 1.54) is 0 Å². The van der Waals surface area contributed by atoms with Crippen LogP contribution in [0, 0.1) is 22.2 Å². The van der Waals surface area contributed by atoms with Crippen molar-refractivity contribution < 1.29 is 19.1 Å². The second-order valence-corrected chi connectivity index (χ2v) is 3.97. The van der Waals surface area contributed by atoms with Crippen LogP contribution in [0.15, 0.2) is 0 Å². The summed E-state index contributed by atoms with van der Waals surface area (Å²) in [5, 5.41) is 8.97. The lowest BCUT2D eigenvalue weighted by molar-refractivity contribution is -0.165. The first-order valence-corrected chi connectivity index (χ1v) is 5.24. The number of ether oxygens (including phenoxy) is 2. The summed E-state index contributed by atoms with van der Waals surface area (Å²) in [6.45, 7) is 5.25. The zero-order chi connectivity index (χ0) is 12.4. The van der Waals surface area contributed by atoms with E-state index in [2.05, 4.69) is 0 Å². The minimum atomic E-state index is -1.41. The third-order valence-electron chi connectivity index (χ3n) is 2.93. The fourth-order valence-corrected chi connectivity index (χ4v) is 1.81. The highest BCUT2D eigenvalue weighted by Gasteiger charge is 2.77. The van der Waals surface area contributed by atoms with Gasteiger partial charge in [-0.2, -0.15) is 5.26 Å². The second-order valence-electron chi connectivity index (χ2n) is 3.97. The van der Waals surface area contributed by atoms with Gasteiger partial charge in [-0.3, -0.25) is 9.59 Å². The number of carbonyl (C=O) groups is 2. The molecule has 0 spiro atoms. The molecule has 0 aromatic heterocycles. The number of esters is 2. The van der Waals surface area contributed by atoms with E-state index < -0.39 is 22.8 Å². The van der Waals surface area contributed by atoms with Gasteiger partial charge in [0, 0.05) is 0 Å². The van der Waals surface area contributed by atoms with Gasteiger partial charge in [0.15, 0.2) is 5.41 Å². The lowest BCUT2D eigenvalue weighted by Gasteiger charge is -2.15.